The molecule has 0 saturated heterocycles. The molecule has 0 heterocycles. The van der Waals surface area contributed by atoms with Crippen molar-refractivity contribution in [2.75, 3.05) is 0 Å². The van der Waals surface area contributed by atoms with Gasteiger partial charge in [0.1, 0.15) is 5.78 Å². The zero-order valence-electron chi connectivity index (χ0n) is 12.7. The minimum absolute atomic E-state index is 0.180. The average Bonchev–Trinajstić information content (AvgIpc) is 2.44. The largest absolute Gasteiger partial charge is 0.300 e. The molecule has 0 N–H and O–H groups in total. The van der Waals surface area contributed by atoms with Gasteiger partial charge in [-0.1, -0.05) is 63.9 Å². The molecule has 1 atom stereocenters. The van der Waals surface area contributed by atoms with Crippen LogP contribution in [0, 0.1) is 5.41 Å². The number of hydrogen-bond donors (Lipinski definition) is 0. The molecule has 0 bridgehead atoms. The quantitative estimate of drug-likeness (QED) is 0.597. The Morgan fingerprint density at radius 1 is 1.11 bits per heavy atom. The van der Waals surface area contributed by atoms with Gasteiger partial charge in [0.2, 0.25) is 0 Å². The number of hydrogen-bond acceptors (Lipinski definition) is 1. The molecule has 106 valence electrons. The van der Waals surface area contributed by atoms with Gasteiger partial charge in [-0.05, 0) is 30.2 Å². The van der Waals surface area contributed by atoms with Crippen molar-refractivity contribution in [3.8, 4) is 0 Å². The first-order valence-corrected chi connectivity index (χ1v) is 7.65. The summed E-state index contributed by atoms with van der Waals surface area (Å²) in [6, 6.07) is 10.6. The molecule has 0 aliphatic heterocycles. The number of carbonyl (C=O) groups is 1. The maximum absolute atomic E-state index is 11.8. The van der Waals surface area contributed by atoms with Crippen LogP contribution in [-0.4, -0.2) is 5.78 Å². The molecule has 19 heavy (non-hydrogen) atoms. The maximum Gasteiger partial charge on any atom is 0.133 e. The molecule has 0 amide bonds. The summed E-state index contributed by atoms with van der Waals surface area (Å²) >= 11 is 0. The van der Waals surface area contributed by atoms with Crippen molar-refractivity contribution in [3.05, 3.63) is 35.9 Å². The van der Waals surface area contributed by atoms with Crippen molar-refractivity contribution >= 4 is 5.78 Å². The number of aryl methyl sites for hydroxylation is 1. The third-order valence-electron chi connectivity index (χ3n) is 4.01. The molecule has 0 fully saturated rings. The van der Waals surface area contributed by atoms with Crippen molar-refractivity contribution in [1.29, 1.82) is 0 Å². The van der Waals surface area contributed by atoms with Gasteiger partial charge in [0.05, 0.1) is 0 Å². The van der Waals surface area contributed by atoms with E-state index in [9.17, 15) is 4.79 Å². The lowest BCUT2D eigenvalue weighted by Crippen LogP contribution is -2.21. The molecule has 0 aromatic heterocycles. The van der Waals surface area contributed by atoms with Crippen molar-refractivity contribution in [3.63, 3.8) is 0 Å². The summed E-state index contributed by atoms with van der Waals surface area (Å²) in [5, 5.41) is 0. The highest BCUT2D eigenvalue weighted by Gasteiger charge is 2.25. The van der Waals surface area contributed by atoms with Gasteiger partial charge >= 0.3 is 0 Å². The smallest absolute Gasteiger partial charge is 0.133 e. The normalized spacial score (nSPS) is 14.1. The van der Waals surface area contributed by atoms with Gasteiger partial charge in [0.15, 0.2) is 0 Å². The third-order valence-corrected chi connectivity index (χ3v) is 4.01. The van der Waals surface area contributed by atoms with Gasteiger partial charge in [-0.3, -0.25) is 4.79 Å². The molecule has 1 aromatic rings. The van der Waals surface area contributed by atoms with Gasteiger partial charge in [-0.15, -0.1) is 0 Å². The second kappa shape index (κ2) is 8.14. The number of unbranched alkanes of at least 4 members (excludes halogenated alkanes) is 1. The Hall–Kier alpha value is -1.11. The molecular formula is C18H28O. The molecule has 1 nitrogen and oxygen atoms in total. The van der Waals surface area contributed by atoms with E-state index in [1.807, 2.05) is 6.92 Å². The first-order chi connectivity index (χ1) is 9.09. The predicted octanol–water partition coefficient (Wildman–Crippen LogP) is 5.18. The van der Waals surface area contributed by atoms with E-state index in [0.717, 1.165) is 19.3 Å². The number of ketones is 1. The Labute approximate surface area is 118 Å². The number of carbonyl (C=O) groups excluding carboxylic acids is 1. The lowest BCUT2D eigenvalue weighted by Gasteiger charge is -2.29. The van der Waals surface area contributed by atoms with Crippen LogP contribution in [0.5, 0.6) is 0 Å². The highest BCUT2D eigenvalue weighted by atomic mass is 16.1. The van der Waals surface area contributed by atoms with E-state index in [0.29, 0.717) is 12.2 Å². The Balaban J connectivity index is 2.60. The second-order valence-electron chi connectivity index (χ2n) is 5.97. The van der Waals surface area contributed by atoms with E-state index in [4.69, 9.17) is 0 Å². The fraction of sp³-hybridized carbons (Fsp3) is 0.611. The Morgan fingerprint density at radius 2 is 1.79 bits per heavy atom. The van der Waals surface area contributed by atoms with E-state index >= 15 is 0 Å². The van der Waals surface area contributed by atoms with Crippen LogP contribution >= 0.6 is 0 Å². The van der Waals surface area contributed by atoms with E-state index < -0.39 is 0 Å². The maximum atomic E-state index is 11.8. The predicted molar refractivity (Wildman–Crippen MR) is 82.3 cm³/mol. The highest BCUT2D eigenvalue weighted by molar-refractivity contribution is 5.78. The number of rotatable bonds is 9. The van der Waals surface area contributed by atoms with Crippen LogP contribution in [-0.2, 0) is 11.2 Å². The highest BCUT2D eigenvalue weighted by Crippen LogP contribution is 2.34. The summed E-state index contributed by atoms with van der Waals surface area (Å²) in [5.74, 6) is 0.409. The van der Waals surface area contributed by atoms with E-state index in [1.54, 1.807) is 0 Å². The van der Waals surface area contributed by atoms with Crippen LogP contribution in [0.15, 0.2) is 30.3 Å². The van der Waals surface area contributed by atoms with Gasteiger partial charge in [-0.2, -0.15) is 0 Å². The van der Waals surface area contributed by atoms with Crippen molar-refractivity contribution < 1.29 is 4.79 Å². The fourth-order valence-corrected chi connectivity index (χ4v) is 2.60. The molecule has 1 unspecified atom stereocenters. The zero-order valence-corrected chi connectivity index (χ0v) is 12.7. The van der Waals surface area contributed by atoms with E-state index in [-0.39, 0.29) is 5.41 Å². The zero-order chi connectivity index (χ0) is 14.1. The van der Waals surface area contributed by atoms with Crippen LogP contribution in [0.25, 0.3) is 0 Å². The van der Waals surface area contributed by atoms with Gasteiger partial charge in [-0.25, -0.2) is 0 Å². The molecule has 1 rings (SSSR count). The standard InChI is InChI=1S/C18H28O/c1-4-6-13-18(3,15-17(19)5-2)14-12-16-10-8-7-9-11-16/h7-11H,4-6,12-15H2,1-3H3. The van der Waals surface area contributed by atoms with Crippen LogP contribution in [0.4, 0.5) is 0 Å². The van der Waals surface area contributed by atoms with Gasteiger partial charge in [0, 0.05) is 12.8 Å². The first-order valence-electron chi connectivity index (χ1n) is 7.65. The van der Waals surface area contributed by atoms with E-state index in [2.05, 4.69) is 44.2 Å². The fourth-order valence-electron chi connectivity index (χ4n) is 2.60. The van der Waals surface area contributed by atoms with Crippen LogP contribution in [0.2, 0.25) is 0 Å². The molecule has 1 aromatic carbocycles. The molecule has 0 saturated carbocycles. The third kappa shape index (κ3) is 6.04. The summed E-state index contributed by atoms with van der Waals surface area (Å²) in [5.41, 5.74) is 1.56. The molecule has 0 spiro atoms. The first kappa shape index (κ1) is 15.9. The molecule has 0 aliphatic rings. The lowest BCUT2D eigenvalue weighted by atomic mass is 9.75. The van der Waals surface area contributed by atoms with Gasteiger partial charge in [0.25, 0.3) is 0 Å². The minimum atomic E-state index is 0.180. The second-order valence-corrected chi connectivity index (χ2v) is 5.97. The van der Waals surface area contributed by atoms with Crippen molar-refractivity contribution in [1.82, 2.24) is 0 Å². The monoisotopic (exact) mass is 260 g/mol. The molecule has 0 aliphatic carbocycles. The van der Waals surface area contributed by atoms with Crippen molar-refractivity contribution in [2.45, 2.75) is 65.7 Å². The van der Waals surface area contributed by atoms with Crippen LogP contribution in [0.1, 0.15) is 64.9 Å². The SMILES string of the molecule is CCCCC(C)(CCc1ccccc1)CC(=O)CC. The molecule has 1 heteroatoms. The molecular weight excluding hydrogens is 232 g/mol. The summed E-state index contributed by atoms with van der Waals surface area (Å²) in [7, 11) is 0. The van der Waals surface area contributed by atoms with Gasteiger partial charge < -0.3 is 0 Å². The van der Waals surface area contributed by atoms with Crippen LogP contribution < -0.4 is 0 Å². The average molecular weight is 260 g/mol. The summed E-state index contributed by atoms with van der Waals surface area (Å²) in [6.45, 7) is 6.48. The Morgan fingerprint density at radius 3 is 2.37 bits per heavy atom. The Bertz CT molecular complexity index is 369. The topological polar surface area (TPSA) is 17.1 Å². The summed E-state index contributed by atoms with van der Waals surface area (Å²) in [4.78, 5) is 11.8. The minimum Gasteiger partial charge on any atom is -0.300 e. The summed E-state index contributed by atoms with van der Waals surface area (Å²) in [6.07, 6.45) is 7.22. The number of Topliss-reactive ketones (excluding diaryl/α,β-unsaturated/α-hetero) is 1. The Kier molecular flexibility index (Phi) is 6.83. The number of benzene rings is 1. The lowest BCUT2D eigenvalue weighted by molar-refractivity contribution is -0.121. The van der Waals surface area contributed by atoms with E-state index in [1.165, 1.54) is 24.8 Å². The van der Waals surface area contributed by atoms with Crippen LogP contribution in [0.3, 0.4) is 0 Å². The summed E-state index contributed by atoms with van der Waals surface area (Å²) < 4.78 is 0. The molecule has 0 radical (unpaired) electrons. The van der Waals surface area contributed by atoms with Crippen molar-refractivity contribution in [2.24, 2.45) is 5.41 Å².